The molecule has 1 fully saturated rings. The monoisotopic (exact) mass is 304 g/mol. The van der Waals surface area contributed by atoms with Crippen molar-refractivity contribution in [2.24, 2.45) is 11.8 Å². The minimum atomic E-state index is -1.42. The molecule has 5 atom stereocenters. The molecule has 0 radical (unpaired) electrons. The molecule has 0 bridgehead atoms. The van der Waals surface area contributed by atoms with Crippen molar-refractivity contribution >= 4 is 23.2 Å². The van der Waals surface area contributed by atoms with Gasteiger partial charge in [-0.05, 0) is 19.1 Å². The average Bonchev–Trinajstić information content (AvgIpc) is 2.33. The molecule has 0 aromatic heterocycles. The maximum atomic E-state index is 10.3. The van der Waals surface area contributed by atoms with E-state index in [2.05, 4.69) is 0 Å². The Bertz CT molecular complexity index is 456. The summed E-state index contributed by atoms with van der Waals surface area (Å²) in [6.07, 6.45) is -1.23. The van der Waals surface area contributed by atoms with E-state index in [0.29, 0.717) is 15.6 Å². The van der Waals surface area contributed by atoms with Gasteiger partial charge in [0.2, 0.25) is 0 Å². The first kappa shape index (κ1) is 15.1. The van der Waals surface area contributed by atoms with Crippen LogP contribution in [0.25, 0.3) is 0 Å². The summed E-state index contributed by atoms with van der Waals surface area (Å²) >= 11 is 12.4. The summed E-state index contributed by atoms with van der Waals surface area (Å²) in [6, 6.07) is 5.19. The maximum Gasteiger partial charge on any atom is 0.168 e. The Morgan fingerprint density at radius 3 is 2.26 bits per heavy atom. The highest BCUT2D eigenvalue weighted by Crippen LogP contribution is 2.46. The van der Waals surface area contributed by atoms with E-state index in [0.717, 1.165) is 0 Å². The van der Waals surface area contributed by atoms with Crippen LogP contribution in [0.4, 0.5) is 0 Å². The van der Waals surface area contributed by atoms with Gasteiger partial charge in [-0.15, -0.1) is 0 Å². The van der Waals surface area contributed by atoms with Gasteiger partial charge in [0.15, 0.2) is 5.79 Å². The first-order chi connectivity index (χ1) is 8.75. The predicted octanol–water partition coefficient (Wildman–Crippen LogP) is 3.41. The fourth-order valence-corrected chi connectivity index (χ4v) is 3.14. The van der Waals surface area contributed by atoms with Gasteiger partial charge >= 0.3 is 0 Å². The molecule has 2 rings (SSSR count). The van der Waals surface area contributed by atoms with Gasteiger partial charge < -0.3 is 14.9 Å². The normalized spacial score (nSPS) is 39.3. The third-order valence-electron chi connectivity index (χ3n) is 4.02. The van der Waals surface area contributed by atoms with E-state index in [1.165, 1.54) is 0 Å². The van der Waals surface area contributed by atoms with E-state index in [-0.39, 0.29) is 11.8 Å². The van der Waals surface area contributed by atoms with Gasteiger partial charge in [0.25, 0.3) is 0 Å². The number of hydrogen-bond acceptors (Lipinski definition) is 3. The molecule has 0 saturated carbocycles. The summed E-state index contributed by atoms with van der Waals surface area (Å²) < 4.78 is 5.74. The van der Waals surface area contributed by atoms with E-state index in [9.17, 15) is 10.2 Å². The number of halogens is 2. The van der Waals surface area contributed by atoms with Crippen LogP contribution < -0.4 is 0 Å². The van der Waals surface area contributed by atoms with Gasteiger partial charge in [0.05, 0.1) is 12.2 Å². The average molecular weight is 305 g/mol. The Morgan fingerprint density at radius 2 is 1.74 bits per heavy atom. The summed E-state index contributed by atoms with van der Waals surface area (Å²) in [7, 11) is 0. The summed E-state index contributed by atoms with van der Waals surface area (Å²) in [5.41, 5.74) is 0.615. The molecule has 1 saturated heterocycles. The molecule has 1 aromatic rings. The zero-order valence-electron chi connectivity index (χ0n) is 11.1. The van der Waals surface area contributed by atoms with E-state index in [1.54, 1.807) is 32.0 Å². The lowest BCUT2D eigenvalue weighted by Crippen LogP contribution is -2.52. The predicted molar refractivity (Wildman–Crippen MR) is 75.2 cm³/mol. The van der Waals surface area contributed by atoms with Crippen LogP contribution in [0.5, 0.6) is 0 Å². The SMILES string of the molecule is C[C@@H]1[C@@H](O)[C@@H](C)[C@@](C)(O)O[C@@H]1c1c(Cl)cccc1Cl. The zero-order valence-corrected chi connectivity index (χ0v) is 12.6. The van der Waals surface area contributed by atoms with Crippen LogP contribution in [0.1, 0.15) is 32.4 Å². The lowest BCUT2D eigenvalue weighted by atomic mass is 9.79. The van der Waals surface area contributed by atoms with Gasteiger partial charge in [0.1, 0.15) is 0 Å². The molecule has 0 unspecified atom stereocenters. The quantitative estimate of drug-likeness (QED) is 0.836. The molecule has 19 heavy (non-hydrogen) atoms. The van der Waals surface area contributed by atoms with E-state index >= 15 is 0 Å². The molecule has 1 heterocycles. The lowest BCUT2D eigenvalue weighted by Gasteiger charge is -2.46. The van der Waals surface area contributed by atoms with E-state index < -0.39 is 18.0 Å². The minimum absolute atomic E-state index is 0.215. The molecule has 1 aliphatic heterocycles. The Balaban J connectivity index is 2.44. The Hall–Kier alpha value is -0.320. The molecule has 1 aromatic carbocycles. The van der Waals surface area contributed by atoms with Crippen molar-refractivity contribution in [3.05, 3.63) is 33.8 Å². The molecule has 3 nitrogen and oxygen atoms in total. The molecular weight excluding hydrogens is 287 g/mol. The van der Waals surface area contributed by atoms with Crippen molar-refractivity contribution in [2.45, 2.75) is 38.8 Å². The summed E-state index contributed by atoms with van der Waals surface area (Å²) in [5.74, 6) is -2.02. The number of rotatable bonds is 1. The third kappa shape index (κ3) is 2.63. The number of ether oxygens (including phenoxy) is 1. The standard InChI is InChI=1S/C14H18Cl2O3/c1-7-12(17)8(2)14(3,18)19-13(7)11-9(15)5-4-6-10(11)16/h4-8,12-13,17-18H,1-3H3/t7-,8-,12-,13+,14+/m1/s1. The van der Waals surface area contributed by atoms with Crippen LogP contribution in [0.15, 0.2) is 18.2 Å². The van der Waals surface area contributed by atoms with Crippen LogP contribution >= 0.6 is 23.2 Å². The summed E-state index contributed by atoms with van der Waals surface area (Å²) in [6.45, 7) is 5.16. The van der Waals surface area contributed by atoms with Crippen molar-refractivity contribution in [3.8, 4) is 0 Å². The van der Waals surface area contributed by atoms with Crippen LogP contribution in [0, 0.1) is 11.8 Å². The second kappa shape index (κ2) is 5.23. The van der Waals surface area contributed by atoms with Crippen molar-refractivity contribution in [1.29, 1.82) is 0 Å². The van der Waals surface area contributed by atoms with Crippen molar-refractivity contribution < 1.29 is 14.9 Å². The maximum absolute atomic E-state index is 10.3. The summed E-state index contributed by atoms with van der Waals surface area (Å²) in [5, 5.41) is 21.5. The van der Waals surface area contributed by atoms with Crippen molar-refractivity contribution in [2.75, 3.05) is 0 Å². The van der Waals surface area contributed by atoms with Crippen LogP contribution in [0.3, 0.4) is 0 Å². The highest BCUT2D eigenvalue weighted by molar-refractivity contribution is 6.36. The van der Waals surface area contributed by atoms with Gasteiger partial charge in [-0.3, -0.25) is 0 Å². The molecular formula is C14H18Cl2O3. The smallest absolute Gasteiger partial charge is 0.168 e. The third-order valence-corrected chi connectivity index (χ3v) is 4.68. The molecule has 2 N–H and O–H groups in total. The zero-order chi connectivity index (χ0) is 14.4. The van der Waals surface area contributed by atoms with Gasteiger partial charge in [0, 0.05) is 27.4 Å². The molecule has 0 spiro atoms. The lowest BCUT2D eigenvalue weighted by molar-refractivity contribution is -0.310. The Morgan fingerprint density at radius 1 is 1.21 bits per heavy atom. The fourth-order valence-electron chi connectivity index (χ4n) is 2.53. The molecule has 5 heteroatoms. The topological polar surface area (TPSA) is 49.7 Å². The largest absolute Gasteiger partial charge is 0.392 e. The highest BCUT2D eigenvalue weighted by Gasteiger charge is 2.48. The summed E-state index contributed by atoms with van der Waals surface area (Å²) in [4.78, 5) is 0. The number of aliphatic hydroxyl groups excluding tert-OH is 1. The highest BCUT2D eigenvalue weighted by atomic mass is 35.5. The molecule has 0 amide bonds. The van der Waals surface area contributed by atoms with Gasteiger partial charge in [-0.2, -0.15) is 0 Å². The Kier molecular flexibility index (Phi) is 4.15. The number of aliphatic hydroxyl groups is 2. The minimum Gasteiger partial charge on any atom is -0.392 e. The first-order valence-electron chi connectivity index (χ1n) is 6.28. The van der Waals surface area contributed by atoms with Gasteiger partial charge in [-0.1, -0.05) is 43.1 Å². The van der Waals surface area contributed by atoms with Crippen LogP contribution in [-0.4, -0.2) is 22.1 Å². The molecule has 0 aliphatic carbocycles. The van der Waals surface area contributed by atoms with Gasteiger partial charge in [-0.25, -0.2) is 0 Å². The molecule has 106 valence electrons. The second-order valence-electron chi connectivity index (χ2n) is 5.37. The van der Waals surface area contributed by atoms with Crippen molar-refractivity contribution in [3.63, 3.8) is 0 Å². The van der Waals surface area contributed by atoms with Crippen molar-refractivity contribution in [1.82, 2.24) is 0 Å². The van der Waals surface area contributed by atoms with Crippen LogP contribution in [-0.2, 0) is 4.74 Å². The van der Waals surface area contributed by atoms with E-state index in [1.807, 2.05) is 6.92 Å². The molecule has 1 aliphatic rings. The number of benzene rings is 1. The van der Waals surface area contributed by atoms with Crippen LogP contribution in [0.2, 0.25) is 10.0 Å². The number of hydrogen-bond donors (Lipinski definition) is 2. The fraction of sp³-hybridized carbons (Fsp3) is 0.571. The van der Waals surface area contributed by atoms with E-state index in [4.69, 9.17) is 27.9 Å². The Labute approximate surface area is 123 Å². The first-order valence-corrected chi connectivity index (χ1v) is 7.03. The second-order valence-corrected chi connectivity index (χ2v) is 6.18.